The lowest BCUT2D eigenvalue weighted by Crippen LogP contribution is -2.39. The van der Waals surface area contributed by atoms with Crippen LogP contribution in [0.1, 0.15) is 44.1 Å². The van der Waals surface area contributed by atoms with Crippen LogP contribution < -0.4 is 5.56 Å². The standard InChI is InChI=1S/C26H31N3O5/c1-5-34-24(31)14-13-23(30)28(15-16-33-4)19(3)25-27-22-12-7-6-11-21(22)26(32)29(25)20-10-8-9-18(2)17-20/h6-12,17,19H,5,13-16H2,1-4H3. The first-order valence-electron chi connectivity index (χ1n) is 11.4. The first kappa shape index (κ1) is 25.1. The molecular formula is C26H31N3O5. The SMILES string of the molecule is CCOC(=O)CCC(=O)N(CCOC)C(C)c1nc2ccccc2c(=O)n1-c1cccc(C)c1. The summed E-state index contributed by atoms with van der Waals surface area (Å²) >= 11 is 0. The summed E-state index contributed by atoms with van der Waals surface area (Å²) in [4.78, 5) is 45.0. The van der Waals surface area contributed by atoms with Crippen molar-refractivity contribution in [3.05, 3.63) is 70.3 Å². The number of hydrogen-bond donors (Lipinski definition) is 0. The smallest absolute Gasteiger partial charge is 0.306 e. The molecule has 2 aromatic carbocycles. The van der Waals surface area contributed by atoms with E-state index in [1.807, 2.05) is 44.2 Å². The third-order valence-corrected chi connectivity index (χ3v) is 5.61. The molecule has 180 valence electrons. The van der Waals surface area contributed by atoms with Crippen LogP contribution in [-0.2, 0) is 19.1 Å². The number of amides is 1. The second-order valence-electron chi connectivity index (χ2n) is 8.03. The maximum Gasteiger partial charge on any atom is 0.306 e. The van der Waals surface area contributed by atoms with E-state index in [2.05, 4.69) is 0 Å². The van der Waals surface area contributed by atoms with E-state index in [0.29, 0.717) is 29.0 Å². The van der Waals surface area contributed by atoms with Gasteiger partial charge in [-0.3, -0.25) is 19.0 Å². The summed E-state index contributed by atoms with van der Waals surface area (Å²) in [6.45, 7) is 6.37. The molecule has 0 radical (unpaired) electrons. The average Bonchev–Trinajstić information content (AvgIpc) is 2.83. The zero-order valence-electron chi connectivity index (χ0n) is 20.1. The van der Waals surface area contributed by atoms with Gasteiger partial charge in [0.25, 0.3) is 5.56 Å². The number of carbonyl (C=O) groups excluding carboxylic acids is 2. The van der Waals surface area contributed by atoms with Crippen molar-refractivity contribution in [2.45, 2.75) is 39.7 Å². The van der Waals surface area contributed by atoms with Crippen molar-refractivity contribution in [1.82, 2.24) is 14.5 Å². The topological polar surface area (TPSA) is 90.7 Å². The molecule has 0 saturated heterocycles. The van der Waals surface area contributed by atoms with E-state index in [9.17, 15) is 14.4 Å². The average molecular weight is 466 g/mol. The minimum absolute atomic E-state index is 0.00482. The van der Waals surface area contributed by atoms with Crippen molar-refractivity contribution in [3.63, 3.8) is 0 Å². The van der Waals surface area contributed by atoms with Crippen molar-refractivity contribution < 1.29 is 19.1 Å². The largest absolute Gasteiger partial charge is 0.466 e. The van der Waals surface area contributed by atoms with Gasteiger partial charge in [0.2, 0.25) is 5.91 Å². The molecule has 0 aliphatic carbocycles. The Kier molecular flexibility index (Phi) is 8.54. The number of aromatic nitrogens is 2. The minimum Gasteiger partial charge on any atom is -0.466 e. The molecule has 0 spiro atoms. The number of ether oxygens (including phenoxy) is 2. The van der Waals surface area contributed by atoms with Crippen LogP contribution in [0.25, 0.3) is 16.6 Å². The van der Waals surface area contributed by atoms with Gasteiger partial charge in [-0.05, 0) is 50.6 Å². The molecule has 3 rings (SSSR count). The summed E-state index contributed by atoms with van der Waals surface area (Å²) in [5, 5.41) is 0.497. The second-order valence-corrected chi connectivity index (χ2v) is 8.03. The second kappa shape index (κ2) is 11.6. The molecule has 1 amide bonds. The van der Waals surface area contributed by atoms with Crippen molar-refractivity contribution in [1.29, 1.82) is 0 Å². The number of benzene rings is 2. The molecule has 1 heterocycles. The van der Waals surface area contributed by atoms with E-state index in [-0.39, 0.29) is 37.5 Å². The summed E-state index contributed by atoms with van der Waals surface area (Å²) in [6.07, 6.45) is -0.0200. The number of para-hydroxylation sites is 1. The normalized spacial score (nSPS) is 11.9. The Morgan fingerprint density at radius 3 is 2.59 bits per heavy atom. The molecule has 3 aromatic rings. The van der Waals surface area contributed by atoms with Crippen LogP contribution in [0.2, 0.25) is 0 Å². The molecule has 34 heavy (non-hydrogen) atoms. The fourth-order valence-corrected chi connectivity index (χ4v) is 3.90. The van der Waals surface area contributed by atoms with Gasteiger partial charge in [0, 0.05) is 20.1 Å². The first-order chi connectivity index (χ1) is 16.4. The molecule has 1 atom stereocenters. The van der Waals surface area contributed by atoms with Gasteiger partial charge in [-0.2, -0.15) is 0 Å². The van der Waals surface area contributed by atoms with Gasteiger partial charge in [0.1, 0.15) is 5.82 Å². The fraction of sp³-hybridized carbons (Fsp3) is 0.385. The highest BCUT2D eigenvalue weighted by atomic mass is 16.5. The first-order valence-corrected chi connectivity index (χ1v) is 11.4. The van der Waals surface area contributed by atoms with Gasteiger partial charge < -0.3 is 14.4 Å². The number of rotatable bonds is 10. The van der Waals surface area contributed by atoms with Crippen LogP contribution in [0, 0.1) is 6.92 Å². The van der Waals surface area contributed by atoms with Gasteiger partial charge in [-0.25, -0.2) is 4.98 Å². The molecule has 8 heteroatoms. The molecular weight excluding hydrogens is 434 g/mol. The molecule has 0 aliphatic rings. The number of nitrogens with zero attached hydrogens (tertiary/aromatic N) is 3. The van der Waals surface area contributed by atoms with E-state index < -0.39 is 12.0 Å². The summed E-state index contributed by atoms with van der Waals surface area (Å²) in [5.74, 6) is -0.221. The molecule has 1 aromatic heterocycles. The maximum atomic E-state index is 13.6. The van der Waals surface area contributed by atoms with Crippen molar-refractivity contribution in [2.24, 2.45) is 0 Å². The summed E-state index contributed by atoms with van der Waals surface area (Å²) in [5.41, 5.74) is 2.03. The van der Waals surface area contributed by atoms with Crippen LogP contribution in [0.3, 0.4) is 0 Å². The molecule has 8 nitrogen and oxygen atoms in total. The fourth-order valence-electron chi connectivity index (χ4n) is 3.90. The van der Waals surface area contributed by atoms with Gasteiger partial charge in [0.15, 0.2) is 0 Å². The highest BCUT2D eigenvalue weighted by molar-refractivity contribution is 5.82. The van der Waals surface area contributed by atoms with E-state index in [1.54, 1.807) is 41.7 Å². The molecule has 0 aliphatic heterocycles. The third-order valence-electron chi connectivity index (χ3n) is 5.61. The van der Waals surface area contributed by atoms with E-state index >= 15 is 0 Å². The van der Waals surface area contributed by atoms with E-state index in [0.717, 1.165) is 5.56 Å². The minimum atomic E-state index is -0.553. The highest BCUT2D eigenvalue weighted by Crippen LogP contribution is 2.24. The Labute approximate surface area is 199 Å². The van der Waals surface area contributed by atoms with Crippen molar-refractivity contribution >= 4 is 22.8 Å². The van der Waals surface area contributed by atoms with E-state index in [4.69, 9.17) is 14.5 Å². The van der Waals surface area contributed by atoms with Gasteiger partial charge >= 0.3 is 5.97 Å². The summed E-state index contributed by atoms with van der Waals surface area (Å²) in [6, 6.07) is 14.2. The number of fused-ring (bicyclic) bond motifs is 1. The lowest BCUT2D eigenvalue weighted by Gasteiger charge is -2.30. The Balaban J connectivity index is 2.09. The van der Waals surface area contributed by atoms with Crippen LogP contribution in [0.15, 0.2) is 53.3 Å². The lowest BCUT2D eigenvalue weighted by atomic mass is 10.1. The lowest BCUT2D eigenvalue weighted by molar-refractivity contribution is -0.146. The Morgan fingerprint density at radius 1 is 1.12 bits per heavy atom. The Hall–Kier alpha value is -3.52. The third kappa shape index (κ3) is 5.69. The summed E-state index contributed by atoms with van der Waals surface area (Å²) < 4.78 is 11.7. The molecule has 0 N–H and O–H groups in total. The number of esters is 1. The van der Waals surface area contributed by atoms with Gasteiger partial charge in [-0.1, -0.05) is 24.3 Å². The van der Waals surface area contributed by atoms with Crippen LogP contribution in [0.4, 0.5) is 0 Å². The quantitative estimate of drug-likeness (QED) is 0.425. The predicted molar refractivity (Wildman–Crippen MR) is 130 cm³/mol. The number of carbonyl (C=O) groups is 2. The predicted octanol–water partition coefficient (Wildman–Crippen LogP) is 3.57. The van der Waals surface area contributed by atoms with Gasteiger partial charge in [-0.15, -0.1) is 0 Å². The molecule has 0 saturated carbocycles. The zero-order valence-corrected chi connectivity index (χ0v) is 20.1. The zero-order chi connectivity index (χ0) is 24.7. The van der Waals surface area contributed by atoms with Gasteiger partial charge in [0.05, 0.1) is 42.3 Å². The molecule has 1 unspecified atom stereocenters. The van der Waals surface area contributed by atoms with Crippen LogP contribution in [0.5, 0.6) is 0 Å². The molecule has 0 fully saturated rings. The van der Waals surface area contributed by atoms with Crippen LogP contribution in [-0.4, -0.2) is 53.2 Å². The highest BCUT2D eigenvalue weighted by Gasteiger charge is 2.27. The Morgan fingerprint density at radius 2 is 1.88 bits per heavy atom. The maximum absolute atomic E-state index is 13.6. The van der Waals surface area contributed by atoms with Crippen molar-refractivity contribution in [3.8, 4) is 5.69 Å². The summed E-state index contributed by atoms with van der Waals surface area (Å²) in [7, 11) is 1.56. The van der Waals surface area contributed by atoms with Crippen molar-refractivity contribution in [2.75, 3.05) is 26.9 Å². The number of aryl methyl sites for hydroxylation is 1. The van der Waals surface area contributed by atoms with E-state index in [1.165, 1.54) is 0 Å². The number of methoxy groups -OCH3 is 1. The number of hydrogen-bond acceptors (Lipinski definition) is 6. The molecule has 0 bridgehead atoms. The Bertz CT molecular complexity index is 1220. The van der Waals surface area contributed by atoms with Crippen LogP contribution >= 0.6 is 0 Å². The monoisotopic (exact) mass is 465 g/mol.